The molecule has 0 saturated heterocycles. The fourth-order valence-corrected chi connectivity index (χ4v) is 2.97. The lowest BCUT2D eigenvalue weighted by Crippen LogP contribution is -2.32. The third kappa shape index (κ3) is 6.23. The molecule has 0 bridgehead atoms. The first-order chi connectivity index (χ1) is 15.5. The number of carbonyl (C=O) groups is 2. The molecule has 0 saturated carbocycles. The van der Waals surface area contributed by atoms with Crippen LogP contribution in [0.2, 0.25) is 10.0 Å². The summed E-state index contributed by atoms with van der Waals surface area (Å²) in [5.74, 6) is -0.836. The van der Waals surface area contributed by atoms with Crippen molar-refractivity contribution in [3.63, 3.8) is 0 Å². The highest BCUT2D eigenvalue weighted by Crippen LogP contribution is 2.24. The van der Waals surface area contributed by atoms with Gasteiger partial charge in [0.25, 0.3) is 0 Å². The summed E-state index contributed by atoms with van der Waals surface area (Å²) in [6.07, 6.45) is 1.39. The van der Waals surface area contributed by atoms with Crippen LogP contribution in [0.25, 0.3) is 0 Å². The second kappa shape index (κ2) is 11.2. The zero-order valence-electron chi connectivity index (χ0n) is 17.0. The van der Waals surface area contributed by atoms with Crippen LogP contribution in [0.15, 0.2) is 71.8 Å². The molecular formula is C23H19Cl2N3O4. The van der Waals surface area contributed by atoms with Gasteiger partial charge in [0.15, 0.2) is 0 Å². The van der Waals surface area contributed by atoms with Crippen molar-refractivity contribution in [3.8, 4) is 11.5 Å². The van der Waals surface area contributed by atoms with Crippen LogP contribution in [0.4, 0.5) is 5.69 Å². The van der Waals surface area contributed by atoms with E-state index in [1.807, 2.05) is 6.07 Å². The van der Waals surface area contributed by atoms with Crippen LogP contribution in [0, 0.1) is 0 Å². The first-order valence-electron chi connectivity index (χ1n) is 9.41. The fourth-order valence-electron chi connectivity index (χ4n) is 2.65. The predicted molar refractivity (Wildman–Crippen MR) is 125 cm³/mol. The van der Waals surface area contributed by atoms with Crippen LogP contribution in [-0.4, -0.2) is 25.1 Å². The topological polar surface area (TPSA) is 89.0 Å². The molecule has 0 aliphatic rings. The maximum atomic E-state index is 12.1. The highest BCUT2D eigenvalue weighted by Gasteiger charge is 2.15. The van der Waals surface area contributed by atoms with Gasteiger partial charge in [0, 0.05) is 5.56 Å². The van der Waals surface area contributed by atoms with Gasteiger partial charge < -0.3 is 14.8 Å². The molecule has 0 aromatic heterocycles. The molecule has 0 radical (unpaired) electrons. The van der Waals surface area contributed by atoms with Crippen molar-refractivity contribution in [2.45, 2.75) is 6.61 Å². The zero-order valence-corrected chi connectivity index (χ0v) is 18.5. The van der Waals surface area contributed by atoms with Crippen LogP contribution in [0.1, 0.15) is 11.1 Å². The Kier molecular flexibility index (Phi) is 8.08. The van der Waals surface area contributed by atoms with Crippen LogP contribution < -0.4 is 20.2 Å². The number of hydrogen-bond acceptors (Lipinski definition) is 5. The van der Waals surface area contributed by atoms with E-state index in [2.05, 4.69) is 15.8 Å². The smallest absolute Gasteiger partial charge is 0.329 e. The van der Waals surface area contributed by atoms with E-state index < -0.39 is 11.8 Å². The molecule has 2 N–H and O–H groups in total. The Morgan fingerprint density at radius 1 is 0.938 bits per heavy atom. The number of anilines is 1. The average Bonchev–Trinajstić information content (AvgIpc) is 2.80. The third-order valence-corrected chi connectivity index (χ3v) is 4.97. The number of para-hydroxylation sites is 3. The molecule has 0 aliphatic heterocycles. The Balaban J connectivity index is 1.59. The van der Waals surface area contributed by atoms with E-state index in [1.54, 1.807) is 60.7 Å². The molecule has 3 aromatic carbocycles. The number of nitrogens with one attached hydrogen (secondary N) is 2. The summed E-state index contributed by atoms with van der Waals surface area (Å²) in [6, 6.07) is 19.1. The molecule has 0 heterocycles. The number of rotatable bonds is 7. The number of methoxy groups -OCH3 is 1. The van der Waals surface area contributed by atoms with Crippen molar-refractivity contribution in [1.82, 2.24) is 5.43 Å². The van der Waals surface area contributed by atoms with Gasteiger partial charge >= 0.3 is 11.8 Å². The summed E-state index contributed by atoms with van der Waals surface area (Å²) in [5.41, 5.74) is 4.02. The number of carbonyl (C=O) groups excluding carboxylic acids is 2. The summed E-state index contributed by atoms with van der Waals surface area (Å²) in [4.78, 5) is 24.2. The maximum Gasteiger partial charge on any atom is 0.329 e. The highest BCUT2D eigenvalue weighted by molar-refractivity contribution is 6.42. The van der Waals surface area contributed by atoms with Crippen LogP contribution in [0.3, 0.4) is 0 Å². The minimum absolute atomic E-state index is 0.259. The van der Waals surface area contributed by atoms with E-state index in [0.717, 1.165) is 5.56 Å². The van der Waals surface area contributed by atoms with Gasteiger partial charge in [0.2, 0.25) is 0 Å². The Morgan fingerprint density at radius 3 is 2.41 bits per heavy atom. The number of ether oxygens (including phenoxy) is 2. The molecule has 7 nitrogen and oxygen atoms in total. The minimum Gasteiger partial charge on any atom is -0.495 e. The maximum absolute atomic E-state index is 12.1. The molecule has 0 spiro atoms. The Morgan fingerprint density at radius 2 is 1.66 bits per heavy atom. The van der Waals surface area contributed by atoms with Gasteiger partial charge in [-0.25, -0.2) is 5.43 Å². The van der Waals surface area contributed by atoms with Gasteiger partial charge in [-0.15, -0.1) is 0 Å². The molecule has 2 amide bonds. The van der Waals surface area contributed by atoms with Gasteiger partial charge in [-0.05, 0) is 42.0 Å². The Labute approximate surface area is 194 Å². The van der Waals surface area contributed by atoms with Crippen molar-refractivity contribution < 1.29 is 19.1 Å². The monoisotopic (exact) mass is 471 g/mol. The van der Waals surface area contributed by atoms with E-state index in [4.69, 9.17) is 32.7 Å². The van der Waals surface area contributed by atoms with E-state index in [-0.39, 0.29) is 6.61 Å². The van der Waals surface area contributed by atoms with Gasteiger partial charge in [-0.1, -0.05) is 53.5 Å². The third-order valence-electron chi connectivity index (χ3n) is 4.23. The minimum atomic E-state index is -0.929. The largest absolute Gasteiger partial charge is 0.495 e. The SMILES string of the molecule is COc1ccccc1NC(=O)C(=O)N/N=C\c1ccccc1OCc1ccc(Cl)c(Cl)c1. The van der Waals surface area contributed by atoms with Crippen molar-refractivity contribution >= 4 is 46.9 Å². The lowest BCUT2D eigenvalue weighted by molar-refractivity contribution is -0.136. The normalized spacial score (nSPS) is 10.6. The summed E-state index contributed by atoms with van der Waals surface area (Å²) in [6.45, 7) is 0.259. The van der Waals surface area contributed by atoms with Crippen LogP contribution in [0.5, 0.6) is 11.5 Å². The number of hydrogen-bond donors (Lipinski definition) is 2. The molecule has 9 heteroatoms. The van der Waals surface area contributed by atoms with Crippen molar-refractivity contribution in [3.05, 3.63) is 87.9 Å². The molecule has 0 unspecified atom stereocenters. The second-order valence-corrected chi connectivity index (χ2v) is 7.24. The predicted octanol–water partition coefficient (Wildman–Crippen LogP) is 4.67. The molecule has 0 fully saturated rings. The van der Waals surface area contributed by atoms with Crippen molar-refractivity contribution in [1.29, 1.82) is 0 Å². The molecule has 0 atom stereocenters. The summed E-state index contributed by atoms with van der Waals surface area (Å²) < 4.78 is 11.0. The average molecular weight is 472 g/mol. The molecule has 0 aliphatic carbocycles. The summed E-state index contributed by atoms with van der Waals surface area (Å²) in [5, 5.41) is 7.23. The summed E-state index contributed by atoms with van der Waals surface area (Å²) in [7, 11) is 1.47. The first kappa shape index (κ1) is 23.1. The number of benzene rings is 3. The first-order valence-corrected chi connectivity index (χ1v) is 10.2. The number of halogens is 2. The lowest BCUT2D eigenvalue weighted by Gasteiger charge is -2.10. The number of amides is 2. The molecular weight excluding hydrogens is 453 g/mol. The van der Waals surface area contributed by atoms with Crippen molar-refractivity contribution in [2.75, 3.05) is 12.4 Å². The van der Waals surface area contributed by atoms with Gasteiger partial charge in [-0.2, -0.15) is 5.10 Å². The molecule has 32 heavy (non-hydrogen) atoms. The quantitative estimate of drug-likeness (QED) is 0.297. The molecule has 3 aromatic rings. The second-order valence-electron chi connectivity index (χ2n) is 6.43. The Hall–Kier alpha value is -3.55. The zero-order chi connectivity index (χ0) is 22.9. The van der Waals surface area contributed by atoms with Gasteiger partial charge in [0.05, 0.1) is 29.1 Å². The van der Waals surface area contributed by atoms with Gasteiger partial charge in [-0.3, -0.25) is 9.59 Å². The van der Waals surface area contributed by atoms with Crippen molar-refractivity contribution in [2.24, 2.45) is 5.10 Å². The highest BCUT2D eigenvalue weighted by atomic mass is 35.5. The lowest BCUT2D eigenvalue weighted by atomic mass is 10.2. The van der Waals surface area contributed by atoms with Crippen LogP contribution >= 0.6 is 23.2 Å². The number of hydrazone groups is 1. The molecule has 164 valence electrons. The molecule has 3 rings (SSSR count). The standard InChI is InChI=1S/C23H19Cl2N3O4/c1-31-21-9-5-3-7-19(21)27-22(29)23(30)28-26-13-16-6-2-4-8-20(16)32-14-15-10-11-17(24)18(25)12-15/h2-13H,14H2,1H3,(H,27,29)(H,28,30)/b26-13-. The van der Waals surface area contributed by atoms with E-state index in [1.165, 1.54) is 13.3 Å². The van der Waals surface area contributed by atoms with E-state index in [0.29, 0.717) is 32.8 Å². The Bertz CT molecular complexity index is 1150. The van der Waals surface area contributed by atoms with E-state index in [9.17, 15) is 9.59 Å². The van der Waals surface area contributed by atoms with Gasteiger partial charge in [0.1, 0.15) is 18.1 Å². The fraction of sp³-hybridized carbons (Fsp3) is 0.0870. The van der Waals surface area contributed by atoms with E-state index >= 15 is 0 Å². The summed E-state index contributed by atoms with van der Waals surface area (Å²) >= 11 is 12.0. The number of nitrogens with zero attached hydrogens (tertiary/aromatic N) is 1. The van der Waals surface area contributed by atoms with Crippen LogP contribution in [-0.2, 0) is 16.2 Å².